The topological polar surface area (TPSA) is 66.3 Å². The van der Waals surface area contributed by atoms with Crippen LogP contribution in [0, 0.1) is 5.41 Å². The number of carboxylic acids is 1. The summed E-state index contributed by atoms with van der Waals surface area (Å²) in [6.45, 7) is 6.32. The molecular weight excluding hydrogens is 230 g/mol. The van der Waals surface area contributed by atoms with Crippen LogP contribution in [-0.2, 0) is 0 Å². The zero-order valence-electron chi connectivity index (χ0n) is 10.9. The molecule has 1 aromatic heterocycles. The van der Waals surface area contributed by atoms with Crippen molar-refractivity contribution in [2.45, 2.75) is 33.1 Å². The minimum Gasteiger partial charge on any atom is -0.477 e. The van der Waals surface area contributed by atoms with E-state index in [-0.39, 0.29) is 5.69 Å². The molecule has 0 spiro atoms. The van der Waals surface area contributed by atoms with Crippen LogP contribution in [0.25, 0.3) is 0 Å². The second-order valence-electron chi connectivity index (χ2n) is 5.55. The molecule has 0 amide bonds. The van der Waals surface area contributed by atoms with Crippen molar-refractivity contribution in [2.24, 2.45) is 5.41 Å². The standard InChI is InChI=1S/C13H19N3O2/c1-13(2)5-3-8-16(9-6-13)12-14-7-4-10(15-12)11(17)18/h4,7H,3,5-6,8-9H2,1-2H3,(H,17,18). The highest BCUT2D eigenvalue weighted by atomic mass is 16.4. The van der Waals surface area contributed by atoms with E-state index >= 15 is 0 Å². The van der Waals surface area contributed by atoms with Crippen molar-refractivity contribution >= 4 is 11.9 Å². The molecule has 0 aromatic carbocycles. The van der Waals surface area contributed by atoms with Crippen molar-refractivity contribution in [3.63, 3.8) is 0 Å². The van der Waals surface area contributed by atoms with E-state index in [1.807, 2.05) is 0 Å². The Hall–Kier alpha value is -1.65. The first-order chi connectivity index (χ1) is 8.48. The van der Waals surface area contributed by atoms with E-state index in [0.717, 1.165) is 25.9 Å². The lowest BCUT2D eigenvalue weighted by atomic mass is 9.85. The van der Waals surface area contributed by atoms with Gasteiger partial charge in [0.15, 0.2) is 5.69 Å². The molecule has 18 heavy (non-hydrogen) atoms. The summed E-state index contributed by atoms with van der Waals surface area (Å²) in [4.78, 5) is 21.3. The number of hydrogen-bond acceptors (Lipinski definition) is 4. The Balaban J connectivity index is 2.16. The summed E-state index contributed by atoms with van der Waals surface area (Å²) in [7, 11) is 0. The van der Waals surface area contributed by atoms with Crippen LogP contribution in [-0.4, -0.2) is 34.1 Å². The van der Waals surface area contributed by atoms with Crippen LogP contribution in [0.15, 0.2) is 12.3 Å². The minimum absolute atomic E-state index is 0.0588. The molecule has 0 saturated carbocycles. The number of nitrogens with zero attached hydrogens (tertiary/aromatic N) is 3. The van der Waals surface area contributed by atoms with Crippen molar-refractivity contribution in [1.29, 1.82) is 0 Å². The number of carbonyl (C=O) groups is 1. The highest BCUT2D eigenvalue weighted by molar-refractivity contribution is 5.85. The fraction of sp³-hybridized carbons (Fsp3) is 0.615. The molecule has 1 N–H and O–H groups in total. The first kappa shape index (κ1) is 12.8. The summed E-state index contributed by atoms with van der Waals surface area (Å²) in [6.07, 6.45) is 4.87. The largest absolute Gasteiger partial charge is 0.477 e. The van der Waals surface area contributed by atoms with Crippen LogP contribution in [0.1, 0.15) is 43.6 Å². The van der Waals surface area contributed by atoms with Gasteiger partial charge in [-0.05, 0) is 30.7 Å². The number of hydrogen-bond donors (Lipinski definition) is 1. The fourth-order valence-corrected chi connectivity index (χ4v) is 2.24. The molecule has 1 aromatic rings. The Labute approximate surface area is 107 Å². The highest BCUT2D eigenvalue weighted by Gasteiger charge is 2.24. The molecule has 1 aliphatic heterocycles. The number of aromatic nitrogens is 2. The molecule has 2 heterocycles. The Morgan fingerprint density at radius 1 is 1.39 bits per heavy atom. The maximum Gasteiger partial charge on any atom is 0.354 e. The summed E-state index contributed by atoms with van der Waals surface area (Å²) in [5.41, 5.74) is 0.405. The van der Waals surface area contributed by atoms with Gasteiger partial charge in [-0.1, -0.05) is 13.8 Å². The van der Waals surface area contributed by atoms with E-state index in [1.165, 1.54) is 18.7 Å². The van der Waals surface area contributed by atoms with Crippen LogP contribution in [0.2, 0.25) is 0 Å². The van der Waals surface area contributed by atoms with Gasteiger partial charge in [0.1, 0.15) is 0 Å². The third-order valence-electron chi connectivity index (χ3n) is 3.48. The maximum atomic E-state index is 10.9. The minimum atomic E-state index is -1.01. The van der Waals surface area contributed by atoms with Crippen molar-refractivity contribution in [3.8, 4) is 0 Å². The molecule has 1 aliphatic rings. The Bertz CT molecular complexity index is 446. The van der Waals surface area contributed by atoms with Crippen molar-refractivity contribution in [2.75, 3.05) is 18.0 Å². The van der Waals surface area contributed by atoms with Gasteiger partial charge in [-0.3, -0.25) is 0 Å². The van der Waals surface area contributed by atoms with Gasteiger partial charge in [0.2, 0.25) is 5.95 Å². The van der Waals surface area contributed by atoms with E-state index < -0.39 is 5.97 Å². The number of anilines is 1. The van der Waals surface area contributed by atoms with Gasteiger partial charge in [-0.15, -0.1) is 0 Å². The Morgan fingerprint density at radius 3 is 2.89 bits per heavy atom. The van der Waals surface area contributed by atoms with Crippen molar-refractivity contribution in [3.05, 3.63) is 18.0 Å². The molecule has 5 heteroatoms. The lowest BCUT2D eigenvalue weighted by Crippen LogP contribution is -2.27. The molecule has 5 nitrogen and oxygen atoms in total. The SMILES string of the molecule is CC1(C)CCCN(c2nccc(C(=O)O)n2)CC1. The smallest absolute Gasteiger partial charge is 0.354 e. The number of rotatable bonds is 2. The molecule has 1 saturated heterocycles. The van der Waals surface area contributed by atoms with E-state index in [1.54, 1.807) is 0 Å². The predicted molar refractivity (Wildman–Crippen MR) is 68.8 cm³/mol. The first-order valence-corrected chi connectivity index (χ1v) is 6.29. The molecule has 1 fully saturated rings. The summed E-state index contributed by atoms with van der Waals surface area (Å²) in [6, 6.07) is 1.42. The van der Waals surface area contributed by atoms with Gasteiger partial charge in [-0.25, -0.2) is 14.8 Å². The second-order valence-corrected chi connectivity index (χ2v) is 5.55. The second kappa shape index (κ2) is 4.92. The van der Waals surface area contributed by atoms with Gasteiger partial charge in [0.25, 0.3) is 0 Å². The monoisotopic (exact) mass is 249 g/mol. The summed E-state index contributed by atoms with van der Waals surface area (Å²) in [5.74, 6) is -0.471. The molecule has 0 atom stereocenters. The van der Waals surface area contributed by atoms with Crippen molar-refractivity contribution < 1.29 is 9.90 Å². The maximum absolute atomic E-state index is 10.9. The number of aromatic carboxylic acids is 1. The molecule has 0 aliphatic carbocycles. The average Bonchev–Trinajstić information content (AvgIpc) is 2.50. The Morgan fingerprint density at radius 2 is 2.17 bits per heavy atom. The molecule has 98 valence electrons. The van der Waals surface area contributed by atoms with E-state index in [0.29, 0.717) is 11.4 Å². The van der Waals surface area contributed by atoms with E-state index in [2.05, 4.69) is 28.7 Å². The average molecular weight is 249 g/mol. The molecular formula is C13H19N3O2. The third kappa shape index (κ3) is 2.97. The Kier molecular flexibility index (Phi) is 3.50. The van der Waals surface area contributed by atoms with E-state index in [4.69, 9.17) is 5.11 Å². The molecule has 0 bridgehead atoms. The zero-order chi connectivity index (χ0) is 13.2. The van der Waals surface area contributed by atoms with Gasteiger partial charge < -0.3 is 10.0 Å². The van der Waals surface area contributed by atoms with Gasteiger partial charge in [0.05, 0.1) is 0 Å². The zero-order valence-corrected chi connectivity index (χ0v) is 10.9. The van der Waals surface area contributed by atoms with Crippen LogP contribution in [0.4, 0.5) is 5.95 Å². The molecule has 0 radical (unpaired) electrons. The van der Waals surface area contributed by atoms with Gasteiger partial charge in [0, 0.05) is 19.3 Å². The molecule has 0 unspecified atom stereocenters. The molecule has 2 rings (SSSR count). The lowest BCUT2D eigenvalue weighted by molar-refractivity contribution is 0.0690. The number of carboxylic acid groups (broad SMARTS) is 1. The summed E-state index contributed by atoms with van der Waals surface area (Å²) >= 11 is 0. The predicted octanol–water partition coefficient (Wildman–Crippen LogP) is 2.19. The van der Waals surface area contributed by atoms with Crippen LogP contribution >= 0.6 is 0 Å². The first-order valence-electron chi connectivity index (χ1n) is 6.29. The normalized spacial score (nSPS) is 19.3. The van der Waals surface area contributed by atoms with Gasteiger partial charge in [-0.2, -0.15) is 0 Å². The summed E-state index contributed by atoms with van der Waals surface area (Å²) < 4.78 is 0. The van der Waals surface area contributed by atoms with Crippen LogP contribution in [0.3, 0.4) is 0 Å². The van der Waals surface area contributed by atoms with Crippen molar-refractivity contribution in [1.82, 2.24) is 9.97 Å². The third-order valence-corrected chi connectivity index (χ3v) is 3.48. The van der Waals surface area contributed by atoms with Crippen LogP contribution < -0.4 is 4.90 Å². The van der Waals surface area contributed by atoms with E-state index in [9.17, 15) is 4.79 Å². The highest BCUT2D eigenvalue weighted by Crippen LogP contribution is 2.30. The summed E-state index contributed by atoms with van der Waals surface area (Å²) in [5, 5.41) is 8.94. The lowest BCUT2D eigenvalue weighted by Gasteiger charge is -2.23. The fourth-order valence-electron chi connectivity index (χ4n) is 2.24. The quantitative estimate of drug-likeness (QED) is 0.870. The van der Waals surface area contributed by atoms with Gasteiger partial charge >= 0.3 is 5.97 Å². The van der Waals surface area contributed by atoms with Crippen LogP contribution in [0.5, 0.6) is 0 Å².